The monoisotopic (exact) mass is 410 g/mol. The molecule has 0 radical (unpaired) electrons. The summed E-state index contributed by atoms with van der Waals surface area (Å²) in [4.78, 5) is 10.9. The number of fused-ring (bicyclic) bond motifs is 2. The topological polar surface area (TPSA) is 41.1 Å². The third-order valence-electron chi connectivity index (χ3n) is 5.35. The number of nitrogens with zero attached hydrogens (tertiary/aromatic N) is 3. The van der Waals surface area contributed by atoms with Gasteiger partial charge < -0.3 is 10.2 Å². The minimum atomic E-state index is -0.549. The van der Waals surface area contributed by atoms with Crippen molar-refractivity contribution in [3.8, 4) is 11.3 Å². The van der Waals surface area contributed by atoms with Crippen LogP contribution in [0.1, 0.15) is 0 Å². The van der Waals surface area contributed by atoms with E-state index in [1.54, 1.807) is 30.6 Å². The third-order valence-corrected chi connectivity index (χ3v) is 5.72. The van der Waals surface area contributed by atoms with Crippen molar-refractivity contribution in [1.82, 2.24) is 15.3 Å². The van der Waals surface area contributed by atoms with Crippen LogP contribution < -0.4 is 10.2 Å². The highest BCUT2D eigenvalue weighted by atomic mass is 35.5. The van der Waals surface area contributed by atoms with E-state index in [9.17, 15) is 4.39 Å². The molecule has 29 heavy (non-hydrogen) atoms. The van der Waals surface area contributed by atoms with Gasteiger partial charge in [0.2, 0.25) is 0 Å². The molecule has 0 bridgehead atoms. The molecule has 5 rings (SSSR count). The lowest BCUT2D eigenvalue weighted by Crippen LogP contribution is -2.43. The zero-order valence-electron chi connectivity index (χ0n) is 15.4. The Morgan fingerprint density at radius 1 is 1.00 bits per heavy atom. The summed E-state index contributed by atoms with van der Waals surface area (Å²) in [5.41, 5.74) is 1.72. The van der Waals surface area contributed by atoms with Gasteiger partial charge in [0.25, 0.3) is 0 Å². The predicted molar refractivity (Wildman–Crippen MR) is 112 cm³/mol. The Hall–Kier alpha value is -2.83. The number of aromatic nitrogens is 2. The molecule has 1 aliphatic heterocycles. The van der Waals surface area contributed by atoms with Crippen LogP contribution in [0, 0.1) is 11.6 Å². The molecule has 1 N–H and O–H groups in total. The van der Waals surface area contributed by atoms with Gasteiger partial charge in [-0.05, 0) is 17.5 Å². The maximum absolute atomic E-state index is 15.6. The van der Waals surface area contributed by atoms with E-state index in [1.165, 1.54) is 6.07 Å². The molecule has 3 heterocycles. The molecule has 0 aliphatic carbocycles. The molecule has 4 nitrogen and oxygen atoms in total. The molecular formula is C22H17ClF2N4. The number of pyridine rings is 2. The number of hydrogen-bond acceptors (Lipinski definition) is 4. The first-order chi connectivity index (χ1) is 14.1. The Kier molecular flexibility index (Phi) is 4.53. The summed E-state index contributed by atoms with van der Waals surface area (Å²) in [6.07, 6.45) is 3.26. The first-order valence-corrected chi connectivity index (χ1v) is 9.79. The van der Waals surface area contributed by atoms with E-state index < -0.39 is 11.6 Å². The number of halogens is 3. The molecule has 4 aromatic rings. The smallest absolute Gasteiger partial charge is 0.175 e. The fraction of sp³-hybridized carbons (Fsp3) is 0.182. The van der Waals surface area contributed by atoms with Crippen molar-refractivity contribution in [2.75, 3.05) is 31.1 Å². The lowest BCUT2D eigenvalue weighted by atomic mass is 10.0. The minimum Gasteiger partial charge on any atom is -0.368 e. The van der Waals surface area contributed by atoms with Crippen molar-refractivity contribution in [3.05, 3.63) is 65.4 Å². The molecule has 2 aromatic carbocycles. The fourth-order valence-corrected chi connectivity index (χ4v) is 4.21. The highest BCUT2D eigenvalue weighted by molar-refractivity contribution is 6.36. The van der Waals surface area contributed by atoms with E-state index in [4.69, 9.17) is 11.6 Å². The van der Waals surface area contributed by atoms with Crippen LogP contribution in [0.15, 0.2) is 48.8 Å². The second kappa shape index (κ2) is 7.21. The summed E-state index contributed by atoms with van der Waals surface area (Å²) < 4.78 is 29.7. The quantitative estimate of drug-likeness (QED) is 0.516. The number of benzene rings is 2. The van der Waals surface area contributed by atoms with E-state index in [1.807, 2.05) is 12.1 Å². The van der Waals surface area contributed by atoms with E-state index in [2.05, 4.69) is 20.2 Å². The van der Waals surface area contributed by atoms with E-state index in [-0.39, 0.29) is 16.2 Å². The summed E-state index contributed by atoms with van der Waals surface area (Å²) in [7, 11) is 0. The van der Waals surface area contributed by atoms with Gasteiger partial charge in [-0.15, -0.1) is 0 Å². The van der Waals surface area contributed by atoms with Crippen molar-refractivity contribution < 1.29 is 8.78 Å². The standard InChI is InChI=1S/C22H17ClF2N4/c23-19-16(24)5-4-13-2-1-3-14(18(13)19)21-20(25)22-15(12-28-21)17(6-7-27-22)29-10-8-26-9-11-29/h1-7,12,26H,8-11H2. The second-order valence-corrected chi connectivity index (χ2v) is 7.39. The number of piperazine rings is 1. The van der Waals surface area contributed by atoms with Gasteiger partial charge in [0, 0.05) is 60.6 Å². The van der Waals surface area contributed by atoms with Crippen molar-refractivity contribution in [2.24, 2.45) is 0 Å². The molecular weight excluding hydrogens is 394 g/mol. The van der Waals surface area contributed by atoms with Gasteiger partial charge in [-0.3, -0.25) is 9.97 Å². The molecule has 7 heteroatoms. The van der Waals surface area contributed by atoms with Gasteiger partial charge in [0.1, 0.15) is 17.0 Å². The van der Waals surface area contributed by atoms with E-state index >= 15 is 4.39 Å². The zero-order chi connectivity index (χ0) is 20.0. The Bertz CT molecular complexity index is 1240. The minimum absolute atomic E-state index is 0.0399. The Labute approximate surface area is 171 Å². The third kappa shape index (κ3) is 2.99. The first-order valence-electron chi connectivity index (χ1n) is 9.41. The zero-order valence-corrected chi connectivity index (χ0v) is 16.2. The highest BCUT2D eigenvalue weighted by Crippen LogP contribution is 2.37. The Morgan fingerprint density at radius 2 is 1.83 bits per heavy atom. The maximum atomic E-state index is 15.6. The lowest BCUT2D eigenvalue weighted by Gasteiger charge is -2.30. The van der Waals surface area contributed by atoms with Crippen LogP contribution in [0.4, 0.5) is 14.5 Å². The number of hydrogen-bond donors (Lipinski definition) is 1. The van der Waals surface area contributed by atoms with Crippen LogP contribution in [0.3, 0.4) is 0 Å². The summed E-state index contributed by atoms with van der Waals surface area (Å²) in [6.45, 7) is 3.41. The summed E-state index contributed by atoms with van der Waals surface area (Å²) in [5.74, 6) is -1.08. The molecule has 0 atom stereocenters. The number of anilines is 1. The average molecular weight is 411 g/mol. The van der Waals surface area contributed by atoms with Crippen molar-refractivity contribution in [2.45, 2.75) is 0 Å². The average Bonchev–Trinajstić information content (AvgIpc) is 2.77. The molecule has 2 aromatic heterocycles. The molecule has 0 spiro atoms. The molecule has 1 fully saturated rings. The van der Waals surface area contributed by atoms with Gasteiger partial charge in [0.05, 0.1) is 5.02 Å². The number of nitrogens with one attached hydrogen (secondary N) is 1. The van der Waals surface area contributed by atoms with Gasteiger partial charge >= 0.3 is 0 Å². The lowest BCUT2D eigenvalue weighted by molar-refractivity contribution is 0.590. The predicted octanol–water partition coefficient (Wildman–Crippen LogP) is 4.79. The van der Waals surface area contributed by atoms with Crippen molar-refractivity contribution in [1.29, 1.82) is 0 Å². The maximum Gasteiger partial charge on any atom is 0.175 e. The molecule has 1 saturated heterocycles. The summed E-state index contributed by atoms with van der Waals surface area (Å²) >= 11 is 6.22. The van der Waals surface area contributed by atoms with Crippen LogP contribution in [0.2, 0.25) is 5.02 Å². The van der Waals surface area contributed by atoms with Gasteiger partial charge in [-0.1, -0.05) is 35.9 Å². The largest absolute Gasteiger partial charge is 0.368 e. The molecule has 0 unspecified atom stereocenters. The van der Waals surface area contributed by atoms with Crippen LogP contribution >= 0.6 is 11.6 Å². The SMILES string of the molecule is Fc1ccc2cccc(-c3ncc4c(N5CCNCC5)ccnc4c3F)c2c1Cl. The van der Waals surface area contributed by atoms with Crippen molar-refractivity contribution >= 4 is 39.0 Å². The van der Waals surface area contributed by atoms with Crippen LogP contribution in [0.5, 0.6) is 0 Å². The van der Waals surface area contributed by atoms with Gasteiger partial charge in [0.15, 0.2) is 5.82 Å². The van der Waals surface area contributed by atoms with Gasteiger partial charge in [-0.25, -0.2) is 8.78 Å². The van der Waals surface area contributed by atoms with Crippen LogP contribution in [-0.2, 0) is 0 Å². The summed E-state index contributed by atoms with van der Waals surface area (Å²) in [5, 5.41) is 5.09. The van der Waals surface area contributed by atoms with Crippen LogP contribution in [0.25, 0.3) is 32.9 Å². The fourth-order valence-electron chi connectivity index (χ4n) is 3.94. The van der Waals surface area contributed by atoms with E-state index in [0.717, 1.165) is 37.3 Å². The molecule has 0 saturated carbocycles. The van der Waals surface area contributed by atoms with Crippen molar-refractivity contribution in [3.63, 3.8) is 0 Å². The highest BCUT2D eigenvalue weighted by Gasteiger charge is 2.20. The Balaban J connectivity index is 1.73. The molecule has 146 valence electrons. The Morgan fingerprint density at radius 3 is 2.66 bits per heavy atom. The normalized spacial score (nSPS) is 14.7. The summed E-state index contributed by atoms with van der Waals surface area (Å²) in [6, 6.07) is 10.1. The number of rotatable bonds is 2. The molecule has 0 amide bonds. The second-order valence-electron chi connectivity index (χ2n) is 7.02. The van der Waals surface area contributed by atoms with Gasteiger partial charge in [-0.2, -0.15) is 0 Å². The first kappa shape index (κ1) is 18.2. The molecule has 1 aliphatic rings. The van der Waals surface area contributed by atoms with E-state index in [0.29, 0.717) is 16.3 Å². The van der Waals surface area contributed by atoms with Crippen LogP contribution in [-0.4, -0.2) is 36.1 Å².